The van der Waals surface area contributed by atoms with E-state index < -0.39 is 17.8 Å². The van der Waals surface area contributed by atoms with Crippen molar-refractivity contribution in [2.45, 2.75) is 27.2 Å². The molecule has 0 aliphatic heterocycles. The van der Waals surface area contributed by atoms with Gasteiger partial charge in [-0.05, 0) is 31.0 Å². The Bertz CT molecular complexity index is 946. The van der Waals surface area contributed by atoms with E-state index in [4.69, 9.17) is 0 Å². The van der Waals surface area contributed by atoms with Crippen molar-refractivity contribution in [2.75, 3.05) is 11.4 Å². The van der Waals surface area contributed by atoms with Crippen LogP contribution in [0.4, 0.5) is 5.82 Å². The van der Waals surface area contributed by atoms with Crippen LogP contribution < -0.4 is 15.8 Å². The third-order valence-corrected chi connectivity index (χ3v) is 4.40. The summed E-state index contributed by atoms with van der Waals surface area (Å²) in [5, 5.41) is 9.27. The molecule has 2 rings (SSSR count). The molecule has 30 heavy (non-hydrogen) atoms. The van der Waals surface area contributed by atoms with Gasteiger partial charge in [0.2, 0.25) is 11.8 Å². The molecule has 0 spiro atoms. The van der Waals surface area contributed by atoms with Crippen molar-refractivity contribution in [2.24, 2.45) is 5.92 Å². The lowest BCUT2D eigenvalue weighted by atomic mass is 10.0. The summed E-state index contributed by atoms with van der Waals surface area (Å²) in [4.78, 5) is 53.1. The highest BCUT2D eigenvalue weighted by Gasteiger charge is 2.20. The van der Waals surface area contributed by atoms with Gasteiger partial charge < -0.3 is 5.11 Å². The fourth-order valence-corrected chi connectivity index (χ4v) is 2.81. The zero-order valence-corrected chi connectivity index (χ0v) is 17.0. The molecule has 0 aliphatic carbocycles. The maximum Gasteiger partial charge on any atom is 0.354 e. The van der Waals surface area contributed by atoms with Crippen LogP contribution in [0, 0.1) is 5.92 Å². The first kappa shape index (κ1) is 22.5. The number of aromatic nitrogens is 1. The number of aromatic carboxylic acids is 1. The Hall–Kier alpha value is -3.75. The van der Waals surface area contributed by atoms with Crippen LogP contribution in [0.3, 0.4) is 0 Å². The molecule has 0 aliphatic rings. The maximum absolute atomic E-state index is 12.5. The molecular formula is C21H24N4O5. The van der Waals surface area contributed by atoms with Gasteiger partial charge in [0.05, 0.1) is 0 Å². The Labute approximate surface area is 174 Å². The SMILES string of the molecule is CCN(C(C)=O)c1cc(C(=O)NNC(=O)[C@@H](C)Cc2ccccc2)cc(C(=O)O)n1. The van der Waals surface area contributed by atoms with Crippen LogP contribution in [0.25, 0.3) is 0 Å². The highest BCUT2D eigenvalue weighted by Crippen LogP contribution is 2.16. The topological polar surface area (TPSA) is 129 Å². The van der Waals surface area contributed by atoms with Crippen LogP contribution in [0.15, 0.2) is 42.5 Å². The van der Waals surface area contributed by atoms with Crippen molar-refractivity contribution < 1.29 is 24.3 Å². The zero-order valence-electron chi connectivity index (χ0n) is 17.0. The zero-order chi connectivity index (χ0) is 22.3. The van der Waals surface area contributed by atoms with Gasteiger partial charge in [-0.25, -0.2) is 9.78 Å². The number of rotatable bonds is 7. The molecule has 9 nitrogen and oxygen atoms in total. The standard InChI is InChI=1S/C21H24N4O5/c1-4-25(14(3)26)18-12-16(11-17(22-18)21(29)30)20(28)24-23-19(27)13(2)10-15-8-6-5-7-9-15/h5-9,11-13H,4,10H2,1-3H3,(H,23,27)(H,24,28)(H,29,30)/t13-/m0/s1. The van der Waals surface area contributed by atoms with Crippen molar-refractivity contribution >= 4 is 29.5 Å². The van der Waals surface area contributed by atoms with Crippen LogP contribution in [0.2, 0.25) is 0 Å². The molecule has 3 N–H and O–H groups in total. The number of carbonyl (C=O) groups is 4. The summed E-state index contributed by atoms with van der Waals surface area (Å²) < 4.78 is 0. The molecule has 158 valence electrons. The molecule has 0 unspecified atom stereocenters. The quantitative estimate of drug-likeness (QED) is 0.595. The molecule has 2 aromatic rings. The lowest BCUT2D eigenvalue weighted by Gasteiger charge is -2.19. The second-order valence-corrected chi connectivity index (χ2v) is 6.70. The Morgan fingerprint density at radius 3 is 2.33 bits per heavy atom. The second-order valence-electron chi connectivity index (χ2n) is 6.70. The van der Waals surface area contributed by atoms with E-state index in [1.165, 1.54) is 17.9 Å². The van der Waals surface area contributed by atoms with Crippen molar-refractivity contribution in [3.05, 3.63) is 59.3 Å². The van der Waals surface area contributed by atoms with E-state index in [9.17, 15) is 24.3 Å². The molecule has 1 atom stereocenters. The fourth-order valence-electron chi connectivity index (χ4n) is 2.81. The van der Waals surface area contributed by atoms with Gasteiger partial charge in [-0.1, -0.05) is 37.3 Å². The predicted molar refractivity (Wildman–Crippen MR) is 110 cm³/mol. The van der Waals surface area contributed by atoms with Gasteiger partial charge in [-0.3, -0.25) is 30.1 Å². The normalized spacial score (nSPS) is 11.3. The van der Waals surface area contributed by atoms with Crippen LogP contribution in [-0.4, -0.2) is 40.3 Å². The monoisotopic (exact) mass is 412 g/mol. The number of carbonyl (C=O) groups excluding carboxylic acids is 3. The highest BCUT2D eigenvalue weighted by molar-refractivity contribution is 6.00. The van der Waals surface area contributed by atoms with Gasteiger partial charge in [-0.15, -0.1) is 0 Å². The van der Waals surface area contributed by atoms with E-state index in [2.05, 4.69) is 15.8 Å². The first-order chi connectivity index (χ1) is 14.2. The van der Waals surface area contributed by atoms with E-state index in [-0.39, 0.29) is 35.4 Å². The number of hydrazine groups is 1. The molecule has 1 heterocycles. The second kappa shape index (κ2) is 10.1. The van der Waals surface area contributed by atoms with E-state index in [0.29, 0.717) is 6.42 Å². The number of hydrogen-bond donors (Lipinski definition) is 3. The average Bonchev–Trinajstić information content (AvgIpc) is 2.72. The maximum atomic E-state index is 12.5. The van der Waals surface area contributed by atoms with Crippen molar-refractivity contribution in [1.82, 2.24) is 15.8 Å². The minimum absolute atomic E-state index is 0.0406. The Morgan fingerprint density at radius 1 is 1.10 bits per heavy atom. The Balaban J connectivity index is 2.11. The first-order valence-electron chi connectivity index (χ1n) is 9.40. The van der Waals surface area contributed by atoms with Crippen molar-refractivity contribution in [3.63, 3.8) is 0 Å². The van der Waals surface area contributed by atoms with Crippen LogP contribution >= 0.6 is 0 Å². The number of benzene rings is 1. The minimum Gasteiger partial charge on any atom is -0.477 e. The smallest absolute Gasteiger partial charge is 0.354 e. The van der Waals surface area contributed by atoms with Gasteiger partial charge in [-0.2, -0.15) is 0 Å². The highest BCUT2D eigenvalue weighted by atomic mass is 16.4. The van der Waals surface area contributed by atoms with Gasteiger partial charge in [0.15, 0.2) is 5.69 Å². The van der Waals surface area contributed by atoms with Crippen molar-refractivity contribution in [1.29, 1.82) is 0 Å². The molecule has 9 heteroatoms. The summed E-state index contributed by atoms with van der Waals surface area (Å²) in [6.07, 6.45) is 0.495. The Morgan fingerprint density at radius 2 is 1.77 bits per heavy atom. The van der Waals surface area contributed by atoms with Crippen LogP contribution in [-0.2, 0) is 16.0 Å². The number of amides is 3. The number of nitrogens with zero attached hydrogens (tertiary/aromatic N) is 2. The summed E-state index contributed by atoms with van der Waals surface area (Å²) in [5.41, 5.74) is 5.18. The largest absolute Gasteiger partial charge is 0.477 e. The minimum atomic E-state index is -1.34. The fraction of sp³-hybridized carbons (Fsp3) is 0.286. The number of anilines is 1. The molecule has 0 bridgehead atoms. The lowest BCUT2D eigenvalue weighted by Crippen LogP contribution is -2.44. The van der Waals surface area contributed by atoms with E-state index in [1.54, 1.807) is 13.8 Å². The number of nitrogens with one attached hydrogen (secondary N) is 2. The number of carboxylic acids is 1. The summed E-state index contributed by atoms with van der Waals surface area (Å²) in [6, 6.07) is 11.8. The van der Waals surface area contributed by atoms with Gasteiger partial charge in [0.25, 0.3) is 5.91 Å². The molecular weight excluding hydrogens is 388 g/mol. The summed E-state index contributed by atoms with van der Waals surface area (Å²) >= 11 is 0. The predicted octanol–water partition coefficient (Wildman–Crippen LogP) is 1.79. The van der Waals surface area contributed by atoms with Gasteiger partial charge >= 0.3 is 5.97 Å². The number of carboxylic acid groups (broad SMARTS) is 1. The average molecular weight is 412 g/mol. The number of hydrogen-bond acceptors (Lipinski definition) is 5. The third kappa shape index (κ3) is 5.87. The lowest BCUT2D eigenvalue weighted by molar-refractivity contribution is -0.125. The van der Waals surface area contributed by atoms with E-state index in [0.717, 1.165) is 11.6 Å². The first-order valence-corrected chi connectivity index (χ1v) is 9.40. The van der Waals surface area contributed by atoms with E-state index in [1.807, 2.05) is 30.3 Å². The Kier molecular flexibility index (Phi) is 7.62. The van der Waals surface area contributed by atoms with Crippen LogP contribution in [0.1, 0.15) is 47.2 Å². The molecule has 0 saturated carbocycles. The summed E-state index contributed by atoms with van der Waals surface area (Å²) in [7, 11) is 0. The molecule has 3 amide bonds. The molecule has 0 radical (unpaired) electrons. The molecule has 1 aromatic heterocycles. The summed E-state index contributed by atoms with van der Waals surface area (Å²) in [5.74, 6) is -3.16. The van der Waals surface area contributed by atoms with E-state index >= 15 is 0 Å². The van der Waals surface area contributed by atoms with Gasteiger partial charge in [0, 0.05) is 24.9 Å². The summed E-state index contributed by atoms with van der Waals surface area (Å²) in [6.45, 7) is 4.99. The van der Waals surface area contributed by atoms with Crippen LogP contribution in [0.5, 0.6) is 0 Å². The van der Waals surface area contributed by atoms with Crippen molar-refractivity contribution in [3.8, 4) is 0 Å². The number of pyridine rings is 1. The van der Waals surface area contributed by atoms with Gasteiger partial charge in [0.1, 0.15) is 5.82 Å². The molecule has 1 aromatic carbocycles. The molecule has 0 saturated heterocycles. The molecule has 0 fully saturated rings. The third-order valence-electron chi connectivity index (χ3n) is 4.40.